The number of aromatic nitrogens is 2. The van der Waals surface area contributed by atoms with Gasteiger partial charge in [0.25, 0.3) is 5.56 Å². The maximum atomic E-state index is 11.4. The number of fused-ring (bicyclic) bond motifs is 1. The van der Waals surface area contributed by atoms with Crippen molar-refractivity contribution in [3.8, 4) is 0 Å². The van der Waals surface area contributed by atoms with E-state index in [1.807, 2.05) is 0 Å². The summed E-state index contributed by atoms with van der Waals surface area (Å²) in [6, 6.07) is 1.45. The van der Waals surface area contributed by atoms with Gasteiger partial charge < -0.3 is 5.84 Å². The molecule has 0 aromatic carbocycles. The fraction of sp³-hybridized carbons (Fsp3) is 0.375. The number of hydrazone groups is 1. The average molecular weight is 178 g/mol. The van der Waals surface area contributed by atoms with Crippen molar-refractivity contribution in [3.63, 3.8) is 0 Å². The maximum absolute atomic E-state index is 11.4. The molecular formula is C8H10N4O. The van der Waals surface area contributed by atoms with Crippen LogP contribution in [0.3, 0.4) is 0 Å². The Morgan fingerprint density at radius 1 is 1.62 bits per heavy atom. The Morgan fingerprint density at radius 3 is 3.23 bits per heavy atom. The molecule has 2 rings (SSSR count). The van der Waals surface area contributed by atoms with Crippen molar-refractivity contribution >= 4 is 5.71 Å². The van der Waals surface area contributed by atoms with Gasteiger partial charge in [-0.15, -0.1) is 0 Å². The largest absolute Gasteiger partial charge is 0.323 e. The van der Waals surface area contributed by atoms with E-state index >= 15 is 0 Å². The van der Waals surface area contributed by atoms with Crippen molar-refractivity contribution in [2.75, 3.05) is 0 Å². The summed E-state index contributed by atoms with van der Waals surface area (Å²) in [4.78, 5) is 15.4. The van der Waals surface area contributed by atoms with Crippen molar-refractivity contribution in [1.29, 1.82) is 0 Å². The Kier molecular flexibility index (Phi) is 1.84. The van der Waals surface area contributed by atoms with Gasteiger partial charge in [0.2, 0.25) is 0 Å². The minimum Gasteiger partial charge on any atom is -0.323 e. The van der Waals surface area contributed by atoms with E-state index in [9.17, 15) is 4.79 Å². The highest BCUT2D eigenvalue weighted by Gasteiger charge is 2.16. The second kappa shape index (κ2) is 3.01. The van der Waals surface area contributed by atoms with E-state index < -0.39 is 0 Å². The molecule has 1 aromatic rings. The third-order valence-electron chi connectivity index (χ3n) is 2.14. The molecule has 0 amide bonds. The van der Waals surface area contributed by atoms with Crippen LogP contribution in [0.15, 0.2) is 22.2 Å². The van der Waals surface area contributed by atoms with Gasteiger partial charge in [-0.2, -0.15) is 5.10 Å². The second-order valence-corrected chi connectivity index (χ2v) is 2.94. The Labute approximate surface area is 74.9 Å². The molecule has 1 aliphatic rings. The molecule has 1 aliphatic heterocycles. The summed E-state index contributed by atoms with van der Waals surface area (Å²) in [5.74, 6) is 5.81. The van der Waals surface area contributed by atoms with Gasteiger partial charge in [-0.1, -0.05) is 0 Å². The predicted molar refractivity (Wildman–Crippen MR) is 48.5 cm³/mol. The van der Waals surface area contributed by atoms with Crippen molar-refractivity contribution in [3.05, 3.63) is 28.4 Å². The van der Waals surface area contributed by atoms with E-state index in [1.165, 1.54) is 12.3 Å². The van der Waals surface area contributed by atoms with Gasteiger partial charge in [0.15, 0.2) is 5.82 Å². The molecule has 0 aliphatic carbocycles. The maximum Gasteiger partial charge on any atom is 0.253 e. The summed E-state index contributed by atoms with van der Waals surface area (Å²) >= 11 is 0. The minimum absolute atomic E-state index is 0.0362. The SMILES string of the molecule is N/N=C1\CCCn2c1nccc2=O. The van der Waals surface area contributed by atoms with Gasteiger partial charge in [-0.05, 0) is 12.8 Å². The minimum atomic E-state index is -0.0362. The average Bonchev–Trinajstić information content (AvgIpc) is 2.18. The van der Waals surface area contributed by atoms with Crippen LogP contribution in [0.25, 0.3) is 0 Å². The van der Waals surface area contributed by atoms with Gasteiger partial charge in [0.1, 0.15) is 5.71 Å². The summed E-state index contributed by atoms with van der Waals surface area (Å²) in [5, 5.41) is 3.62. The second-order valence-electron chi connectivity index (χ2n) is 2.94. The highest BCUT2D eigenvalue weighted by Crippen LogP contribution is 2.09. The van der Waals surface area contributed by atoms with E-state index in [0.29, 0.717) is 18.1 Å². The molecule has 13 heavy (non-hydrogen) atoms. The first-order valence-electron chi connectivity index (χ1n) is 4.16. The molecule has 0 unspecified atom stereocenters. The van der Waals surface area contributed by atoms with Crippen LogP contribution in [0.5, 0.6) is 0 Å². The summed E-state index contributed by atoms with van der Waals surface area (Å²) in [7, 11) is 0. The van der Waals surface area contributed by atoms with E-state index in [0.717, 1.165) is 12.8 Å². The molecule has 0 radical (unpaired) electrons. The number of hydrogen-bond donors (Lipinski definition) is 1. The zero-order chi connectivity index (χ0) is 9.26. The number of nitrogens with zero attached hydrogens (tertiary/aromatic N) is 3. The Hall–Kier alpha value is -1.65. The Bertz CT molecular complexity index is 407. The molecule has 5 nitrogen and oxygen atoms in total. The summed E-state index contributed by atoms with van der Waals surface area (Å²) < 4.78 is 1.61. The zero-order valence-corrected chi connectivity index (χ0v) is 7.10. The summed E-state index contributed by atoms with van der Waals surface area (Å²) in [6.45, 7) is 0.709. The third kappa shape index (κ3) is 1.22. The summed E-state index contributed by atoms with van der Waals surface area (Å²) in [6.07, 6.45) is 3.19. The van der Waals surface area contributed by atoms with Crippen LogP contribution < -0.4 is 11.4 Å². The van der Waals surface area contributed by atoms with Gasteiger partial charge in [-0.25, -0.2) is 4.98 Å². The smallest absolute Gasteiger partial charge is 0.253 e. The van der Waals surface area contributed by atoms with Gasteiger partial charge in [-0.3, -0.25) is 9.36 Å². The molecule has 0 fully saturated rings. The van der Waals surface area contributed by atoms with Gasteiger partial charge in [0, 0.05) is 18.8 Å². The van der Waals surface area contributed by atoms with Crippen LogP contribution >= 0.6 is 0 Å². The van der Waals surface area contributed by atoms with Crippen molar-refractivity contribution < 1.29 is 0 Å². The van der Waals surface area contributed by atoms with Crippen LogP contribution in [-0.2, 0) is 6.54 Å². The standard InChI is InChI=1S/C8H10N4O/c9-11-6-2-1-5-12-7(13)3-4-10-8(6)12/h3-4H,1-2,5,9H2/b11-6+. The molecule has 68 valence electrons. The van der Waals surface area contributed by atoms with Crippen LogP contribution in [0.2, 0.25) is 0 Å². The number of nitrogens with two attached hydrogens (primary N) is 1. The molecular weight excluding hydrogens is 168 g/mol. The lowest BCUT2D eigenvalue weighted by Crippen LogP contribution is -2.31. The first-order chi connectivity index (χ1) is 6.33. The number of hydrogen-bond acceptors (Lipinski definition) is 4. The normalized spacial score (nSPS) is 18.6. The van der Waals surface area contributed by atoms with Gasteiger partial charge >= 0.3 is 0 Å². The van der Waals surface area contributed by atoms with E-state index in [1.54, 1.807) is 4.57 Å². The van der Waals surface area contributed by atoms with Crippen LogP contribution in [0.4, 0.5) is 0 Å². The van der Waals surface area contributed by atoms with Crippen molar-refractivity contribution in [1.82, 2.24) is 9.55 Å². The molecule has 5 heteroatoms. The van der Waals surface area contributed by atoms with Crippen LogP contribution in [0.1, 0.15) is 18.7 Å². The van der Waals surface area contributed by atoms with E-state index in [4.69, 9.17) is 5.84 Å². The molecule has 0 saturated carbocycles. The Balaban J connectivity index is 2.65. The fourth-order valence-corrected chi connectivity index (χ4v) is 1.52. The summed E-state index contributed by atoms with van der Waals surface area (Å²) in [5.41, 5.74) is 0.676. The zero-order valence-electron chi connectivity index (χ0n) is 7.10. The lowest BCUT2D eigenvalue weighted by atomic mass is 10.1. The Morgan fingerprint density at radius 2 is 2.46 bits per heavy atom. The van der Waals surface area contributed by atoms with Crippen LogP contribution in [0, 0.1) is 0 Å². The quantitative estimate of drug-likeness (QED) is 0.438. The topological polar surface area (TPSA) is 73.3 Å². The molecule has 2 N–H and O–H groups in total. The van der Waals surface area contributed by atoms with Crippen molar-refractivity contribution in [2.24, 2.45) is 10.9 Å². The molecule has 1 aromatic heterocycles. The first-order valence-corrected chi connectivity index (χ1v) is 4.16. The molecule has 2 heterocycles. The van der Waals surface area contributed by atoms with Gasteiger partial charge in [0.05, 0.1) is 0 Å². The highest BCUT2D eigenvalue weighted by atomic mass is 16.1. The molecule has 0 saturated heterocycles. The fourth-order valence-electron chi connectivity index (χ4n) is 1.52. The lowest BCUT2D eigenvalue weighted by molar-refractivity contribution is 0.590. The van der Waals surface area contributed by atoms with Crippen molar-refractivity contribution in [2.45, 2.75) is 19.4 Å². The highest BCUT2D eigenvalue weighted by molar-refractivity contribution is 5.97. The third-order valence-corrected chi connectivity index (χ3v) is 2.14. The lowest BCUT2D eigenvalue weighted by Gasteiger charge is -2.17. The van der Waals surface area contributed by atoms with Crippen LogP contribution in [-0.4, -0.2) is 15.3 Å². The predicted octanol–water partition coefficient (Wildman–Crippen LogP) is -0.300. The molecule has 0 bridgehead atoms. The van der Waals surface area contributed by atoms with E-state index in [-0.39, 0.29) is 5.56 Å². The monoisotopic (exact) mass is 178 g/mol. The molecule has 0 spiro atoms. The van der Waals surface area contributed by atoms with E-state index in [2.05, 4.69) is 10.1 Å². The number of rotatable bonds is 0. The first kappa shape index (κ1) is 7.97. The molecule has 0 atom stereocenters.